The van der Waals surface area contributed by atoms with Gasteiger partial charge in [0.1, 0.15) is 0 Å². The predicted octanol–water partition coefficient (Wildman–Crippen LogP) is 2.30. The van der Waals surface area contributed by atoms with Gasteiger partial charge in [-0.1, -0.05) is 25.7 Å². The van der Waals surface area contributed by atoms with E-state index in [1.807, 2.05) is 11.8 Å². The van der Waals surface area contributed by atoms with E-state index in [4.69, 9.17) is 5.73 Å². The molecule has 1 heterocycles. The van der Waals surface area contributed by atoms with Crippen molar-refractivity contribution in [2.24, 2.45) is 11.1 Å². The minimum absolute atomic E-state index is 0.222. The Kier molecular flexibility index (Phi) is 5.37. The van der Waals surface area contributed by atoms with E-state index in [9.17, 15) is 4.79 Å². The number of amides is 1. The zero-order valence-electron chi connectivity index (χ0n) is 11.2. The molecule has 4 heteroatoms. The second kappa shape index (κ2) is 6.80. The van der Waals surface area contributed by atoms with Crippen LogP contribution < -0.4 is 11.1 Å². The van der Waals surface area contributed by atoms with Crippen molar-refractivity contribution in [1.82, 2.24) is 5.32 Å². The molecule has 3 nitrogen and oxygen atoms in total. The van der Waals surface area contributed by atoms with Gasteiger partial charge in [-0.2, -0.15) is 11.8 Å². The minimum Gasteiger partial charge on any atom is -0.354 e. The third-order valence-corrected chi connectivity index (χ3v) is 5.85. The molecule has 2 aliphatic rings. The summed E-state index contributed by atoms with van der Waals surface area (Å²) in [6.45, 7) is 1.35. The highest BCUT2D eigenvalue weighted by molar-refractivity contribution is 8.00. The summed E-state index contributed by atoms with van der Waals surface area (Å²) in [6, 6.07) is 0. The highest BCUT2D eigenvalue weighted by atomic mass is 32.2. The van der Waals surface area contributed by atoms with Crippen LogP contribution in [0.25, 0.3) is 0 Å². The maximum atomic E-state index is 12.5. The Hall–Kier alpha value is -0.220. The number of hydrogen-bond donors (Lipinski definition) is 2. The molecule has 1 atom stereocenters. The van der Waals surface area contributed by atoms with Crippen LogP contribution in [0.3, 0.4) is 0 Å². The number of carbonyl (C=O) groups is 1. The Morgan fingerprint density at radius 2 is 1.94 bits per heavy atom. The van der Waals surface area contributed by atoms with Gasteiger partial charge in [0.25, 0.3) is 0 Å². The first-order chi connectivity index (χ1) is 8.77. The van der Waals surface area contributed by atoms with E-state index in [0.717, 1.165) is 32.2 Å². The molecule has 0 bridgehead atoms. The topological polar surface area (TPSA) is 55.1 Å². The van der Waals surface area contributed by atoms with E-state index in [2.05, 4.69) is 5.32 Å². The summed E-state index contributed by atoms with van der Waals surface area (Å²) in [5, 5.41) is 3.81. The predicted molar refractivity (Wildman–Crippen MR) is 77.7 cm³/mol. The second-order valence-electron chi connectivity index (χ2n) is 5.74. The summed E-state index contributed by atoms with van der Waals surface area (Å²) >= 11 is 2.00. The van der Waals surface area contributed by atoms with Gasteiger partial charge in [-0.15, -0.1) is 0 Å². The lowest BCUT2D eigenvalue weighted by atomic mass is 9.79. The van der Waals surface area contributed by atoms with E-state index in [1.165, 1.54) is 31.4 Å². The number of nitrogens with one attached hydrogen (secondary N) is 1. The van der Waals surface area contributed by atoms with Crippen LogP contribution in [0, 0.1) is 5.41 Å². The van der Waals surface area contributed by atoms with Gasteiger partial charge in [0.05, 0.1) is 5.41 Å². The molecule has 1 saturated carbocycles. The Labute approximate surface area is 115 Å². The van der Waals surface area contributed by atoms with Gasteiger partial charge >= 0.3 is 0 Å². The molecule has 3 N–H and O–H groups in total. The second-order valence-corrected chi connectivity index (χ2v) is 7.15. The molecule has 18 heavy (non-hydrogen) atoms. The van der Waals surface area contributed by atoms with Gasteiger partial charge in [0.2, 0.25) is 5.91 Å². The molecule has 2 rings (SSSR count). The Morgan fingerprint density at radius 3 is 2.50 bits per heavy atom. The monoisotopic (exact) mass is 270 g/mol. The van der Waals surface area contributed by atoms with E-state index in [-0.39, 0.29) is 11.3 Å². The average Bonchev–Trinajstić information content (AvgIpc) is 2.79. The first kappa shape index (κ1) is 14.2. The zero-order valence-corrected chi connectivity index (χ0v) is 12.1. The lowest BCUT2D eigenvalue weighted by Crippen LogP contribution is -2.47. The zero-order chi connectivity index (χ0) is 12.8. The standard InChI is InChI=1S/C14H26N2OS/c15-11-14(7-3-1-2-4-8-14)13(17)16-10-12-6-5-9-18-12/h12H,1-11,15H2,(H,16,17). The third-order valence-electron chi connectivity index (χ3n) is 4.45. The van der Waals surface area contributed by atoms with Crippen LogP contribution in [0.1, 0.15) is 51.4 Å². The van der Waals surface area contributed by atoms with Crippen molar-refractivity contribution in [2.75, 3.05) is 18.8 Å². The summed E-state index contributed by atoms with van der Waals surface area (Å²) in [6.07, 6.45) is 9.33. The lowest BCUT2D eigenvalue weighted by molar-refractivity contribution is -0.131. The summed E-state index contributed by atoms with van der Waals surface area (Å²) in [4.78, 5) is 12.5. The van der Waals surface area contributed by atoms with Crippen LogP contribution in [0.5, 0.6) is 0 Å². The number of rotatable bonds is 4. The molecular weight excluding hydrogens is 244 g/mol. The molecule has 0 aromatic heterocycles. The van der Waals surface area contributed by atoms with Crippen LogP contribution in [0.4, 0.5) is 0 Å². The van der Waals surface area contributed by atoms with E-state index < -0.39 is 0 Å². The van der Waals surface area contributed by atoms with Gasteiger partial charge in [-0.3, -0.25) is 4.79 Å². The van der Waals surface area contributed by atoms with Gasteiger partial charge in [-0.05, 0) is 31.4 Å². The molecule has 1 aliphatic heterocycles. The minimum atomic E-state index is -0.264. The maximum absolute atomic E-state index is 12.5. The molecule has 104 valence electrons. The van der Waals surface area contributed by atoms with Crippen molar-refractivity contribution in [2.45, 2.75) is 56.6 Å². The van der Waals surface area contributed by atoms with Crippen molar-refractivity contribution in [3.8, 4) is 0 Å². The first-order valence-electron chi connectivity index (χ1n) is 7.37. The largest absolute Gasteiger partial charge is 0.354 e. The molecule has 1 saturated heterocycles. The molecule has 0 spiro atoms. The fourth-order valence-corrected chi connectivity index (χ4v) is 4.33. The number of carbonyl (C=O) groups excluding carboxylic acids is 1. The van der Waals surface area contributed by atoms with Crippen molar-refractivity contribution < 1.29 is 4.79 Å². The van der Waals surface area contributed by atoms with Gasteiger partial charge in [0.15, 0.2) is 0 Å². The van der Waals surface area contributed by atoms with Crippen LogP contribution >= 0.6 is 11.8 Å². The third kappa shape index (κ3) is 3.41. The molecule has 0 radical (unpaired) electrons. The highest BCUT2D eigenvalue weighted by Crippen LogP contribution is 2.34. The number of nitrogens with two attached hydrogens (primary N) is 1. The van der Waals surface area contributed by atoms with Crippen molar-refractivity contribution in [3.63, 3.8) is 0 Å². The quantitative estimate of drug-likeness (QED) is 0.771. The number of hydrogen-bond acceptors (Lipinski definition) is 3. The summed E-state index contributed by atoms with van der Waals surface area (Å²) in [5.74, 6) is 1.47. The Morgan fingerprint density at radius 1 is 1.22 bits per heavy atom. The van der Waals surface area contributed by atoms with Crippen molar-refractivity contribution in [1.29, 1.82) is 0 Å². The summed E-state index contributed by atoms with van der Waals surface area (Å²) < 4.78 is 0. The van der Waals surface area contributed by atoms with Crippen molar-refractivity contribution in [3.05, 3.63) is 0 Å². The number of thioether (sulfide) groups is 1. The van der Waals surface area contributed by atoms with E-state index in [0.29, 0.717) is 11.8 Å². The summed E-state index contributed by atoms with van der Waals surface area (Å²) in [5.41, 5.74) is 5.66. The van der Waals surface area contributed by atoms with Gasteiger partial charge < -0.3 is 11.1 Å². The normalized spacial score (nSPS) is 27.7. The first-order valence-corrected chi connectivity index (χ1v) is 8.42. The average molecular weight is 270 g/mol. The molecule has 2 fully saturated rings. The van der Waals surface area contributed by atoms with Crippen molar-refractivity contribution >= 4 is 17.7 Å². The fourth-order valence-electron chi connectivity index (χ4n) is 3.13. The maximum Gasteiger partial charge on any atom is 0.227 e. The van der Waals surface area contributed by atoms with E-state index >= 15 is 0 Å². The molecule has 1 amide bonds. The van der Waals surface area contributed by atoms with Gasteiger partial charge in [-0.25, -0.2) is 0 Å². The fraction of sp³-hybridized carbons (Fsp3) is 0.929. The van der Waals surface area contributed by atoms with Crippen LogP contribution in [-0.2, 0) is 4.79 Å². The highest BCUT2D eigenvalue weighted by Gasteiger charge is 2.37. The summed E-state index contributed by atoms with van der Waals surface area (Å²) in [7, 11) is 0. The Balaban J connectivity index is 1.86. The molecular formula is C14H26N2OS. The smallest absolute Gasteiger partial charge is 0.227 e. The molecule has 0 aromatic carbocycles. The Bertz CT molecular complexity index is 269. The molecule has 1 aliphatic carbocycles. The van der Waals surface area contributed by atoms with Crippen LogP contribution in [-0.4, -0.2) is 30.0 Å². The van der Waals surface area contributed by atoms with Crippen LogP contribution in [0.2, 0.25) is 0 Å². The lowest BCUT2D eigenvalue weighted by Gasteiger charge is -2.30. The SMILES string of the molecule is NCC1(C(=O)NCC2CCCS2)CCCCCC1. The van der Waals surface area contributed by atoms with E-state index in [1.54, 1.807) is 0 Å². The molecule has 1 unspecified atom stereocenters. The molecule has 0 aromatic rings. The van der Waals surface area contributed by atoms with Gasteiger partial charge in [0, 0.05) is 18.3 Å². The van der Waals surface area contributed by atoms with Crippen LogP contribution in [0.15, 0.2) is 0 Å².